The van der Waals surface area contributed by atoms with Gasteiger partial charge in [-0.05, 0) is 24.3 Å². The lowest BCUT2D eigenvalue weighted by molar-refractivity contribution is -0.133. The summed E-state index contributed by atoms with van der Waals surface area (Å²) in [5.41, 5.74) is 1.05. The number of amides is 1. The van der Waals surface area contributed by atoms with Gasteiger partial charge in [-0.2, -0.15) is 0 Å². The normalized spacial score (nSPS) is 13.8. The van der Waals surface area contributed by atoms with Gasteiger partial charge in [0.1, 0.15) is 0 Å². The highest BCUT2D eigenvalue weighted by atomic mass is 16.5. The number of anilines is 1. The van der Waals surface area contributed by atoms with Crippen molar-refractivity contribution in [2.75, 3.05) is 59.0 Å². The molecule has 1 aliphatic rings. The SMILES string of the molecule is COc1ccc(N2CCN(C(=O)COc3ccccc3OC)CC2)cc1OC. The molecular weight excluding hydrogens is 360 g/mol. The van der Waals surface area contributed by atoms with Crippen LogP contribution in [0, 0.1) is 0 Å². The Labute approximate surface area is 165 Å². The van der Waals surface area contributed by atoms with E-state index < -0.39 is 0 Å². The van der Waals surface area contributed by atoms with Crippen LogP contribution in [0.4, 0.5) is 5.69 Å². The number of benzene rings is 2. The molecule has 0 N–H and O–H groups in total. The number of piperazine rings is 1. The van der Waals surface area contributed by atoms with Crippen LogP contribution < -0.4 is 23.8 Å². The van der Waals surface area contributed by atoms with Gasteiger partial charge in [0.2, 0.25) is 0 Å². The molecule has 0 spiro atoms. The maximum absolute atomic E-state index is 12.5. The van der Waals surface area contributed by atoms with Crippen molar-refractivity contribution in [3.05, 3.63) is 42.5 Å². The van der Waals surface area contributed by atoms with Crippen LogP contribution in [-0.2, 0) is 4.79 Å². The molecule has 1 heterocycles. The van der Waals surface area contributed by atoms with Crippen molar-refractivity contribution in [1.29, 1.82) is 0 Å². The molecule has 2 aromatic carbocycles. The summed E-state index contributed by atoms with van der Waals surface area (Å²) < 4.78 is 21.6. The molecule has 0 atom stereocenters. The maximum Gasteiger partial charge on any atom is 0.260 e. The molecule has 1 amide bonds. The van der Waals surface area contributed by atoms with E-state index in [9.17, 15) is 4.79 Å². The Balaban J connectivity index is 1.54. The summed E-state index contributed by atoms with van der Waals surface area (Å²) in [5.74, 6) is 2.56. The van der Waals surface area contributed by atoms with Gasteiger partial charge >= 0.3 is 0 Å². The summed E-state index contributed by atoms with van der Waals surface area (Å²) in [5, 5.41) is 0. The van der Waals surface area contributed by atoms with E-state index in [2.05, 4.69) is 4.90 Å². The van der Waals surface area contributed by atoms with E-state index in [-0.39, 0.29) is 12.5 Å². The molecule has 1 fully saturated rings. The van der Waals surface area contributed by atoms with Crippen molar-refractivity contribution < 1.29 is 23.7 Å². The van der Waals surface area contributed by atoms with Crippen LogP contribution in [0.25, 0.3) is 0 Å². The first kappa shape index (κ1) is 19.7. The van der Waals surface area contributed by atoms with Crippen LogP contribution in [-0.4, -0.2) is 64.9 Å². The fourth-order valence-corrected chi connectivity index (χ4v) is 3.20. The average Bonchev–Trinajstić information content (AvgIpc) is 2.77. The summed E-state index contributed by atoms with van der Waals surface area (Å²) >= 11 is 0. The van der Waals surface area contributed by atoms with Gasteiger partial charge in [-0.15, -0.1) is 0 Å². The first-order chi connectivity index (χ1) is 13.7. The Hall–Kier alpha value is -3.09. The Bertz CT molecular complexity index is 803. The van der Waals surface area contributed by atoms with Crippen LogP contribution >= 0.6 is 0 Å². The van der Waals surface area contributed by atoms with Crippen molar-refractivity contribution >= 4 is 11.6 Å². The van der Waals surface area contributed by atoms with E-state index in [0.29, 0.717) is 36.1 Å². The second kappa shape index (κ2) is 9.21. The van der Waals surface area contributed by atoms with Crippen molar-refractivity contribution in [2.24, 2.45) is 0 Å². The zero-order valence-corrected chi connectivity index (χ0v) is 16.5. The molecule has 0 radical (unpaired) electrons. The summed E-state index contributed by atoms with van der Waals surface area (Å²) in [7, 11) is 4.83. The molecule has 7 heteroatoms. The predicted molar refractivity (Wildman–Crippen MR) is 107 cm³/mol. The topological polar surface area (TPSA) is 60.5 Å². The van der Waals surface area contributed by atoms with Crippen molar-refractivity contribution in [2.45, 2.75) is 0 Å². The van der Waals surface area contributed by atoms with Crippen LogP contribution in [0.15, 0.2) is 42.5 Å². The molecule has 7 nitrogen and oxygen atoms in total. The number of nitrogens with zero attached hydrogens (tertiary/aromatic N) is 2. The minimum Gasteiger partial charge on any atom is -0.493 e. The molecule has 0 aromatic heterocycles. The Morgan fingerprint density at radius 1 is 0.821 bits per heavy atom. The molecule has 2 aromatic rings. The van der Waals surface area contributed by atoms with Gasteiger partial charge in [-0.3, -0.25) is 4.79 Å². The smallest absolute Gasteiger partial charge is 0.260 e. The van der Waals surface area contributed by atoms with Crippen molar-refractivity contribution in [3.63, 3.8) is 0 Å². The fourth-order valence-electron chi connectivity index (χ4n) is 3.20. The molecule has 150 valence electrons. The molecule has 3 rings (SSSR count). The molecule has 1 saturated heterocycles. The summed E-state index contributed by atoms with van der Waals surface area (Å²) in [6.07, 6.45) is 0. The lowest BCUT2D eigenvalue weighted by atomic mass is 10.2. The number of hydrogen-bond acceptors (Lipinski definition) is 6. The monoisotopic (exact) mass is 386 g/mol. The summed E-state index contributed by atoms with van der Waals surface area (Å²) in [6.45, 7) is 2.77. The average molecular weight is 386 g/mol. The van der Waals surface area contributed by atoms with Crippen LogP contribution in [0.5, 0.6) is 23.0 Å². The maximum atomic E-state index is 12.5. The van der Waals surface area contributed by atoms with Crippen molar-refractivity contribution in [1.82, 2.24) is 4.90 Å². The molecular formula is C21H26N2O5. The highest BCUT2D eigenvalue weighted by molar-refractivity contribution is 5.78. The molecule has 0 aliphatic carbocycles. The van der Waals surface area contributed by atoms with Gasteiger partial charge < -0.3 is 28.7 Å². The zero-order valence-electron chi connectivity index (χ0n) is 16.5. The molecule has 0 unspecified atom stereocenters. The van der Waals surface area contributed by atoms with Gasteiger partial charge in [-0.25, -0.2) is 0 Å². The Morgan fingerprint density at radius 2 is 1.43 bits per heavy atom. The van der Waals surface area contributed by atoms with Gasteiger partial charge in [-0.1, -0.05) is 12.1 Å². The zero-order chi connectivity index (χ0) is 19.9. The van der Waals surface area contributed by atoms with E-state index in [1.165, 1.54) is 0 Å². The van der Waals surface area contributed by atoms with E-state index in [0.717, 1.165) is 18.8 Å². The number of ether oxygens (including phenoxy) is 4. The van der Waals surface area contributed by atoms with Crippen LogP contribution in [0.3, 0.4) is 0 Å². The minimum absolute atomic E-state index is 0.00324. The van der Waals surface area contributed by atoms with Crippen LogP contribution in [0.1, 0.15) is 0 Å². The predicted octanol–water partition coefficient (Wildman–Crippen LogP) is 2.44. The highest BCUT2D eigenvalue weighted by Crippen LogP contribution is 2.32. The number of hydrogen-bond donors (Lipinski definition) is 0. The summed E-state index contributed by atoms with van der Waals surface area (Å²) in [4.78, 5) is 16.6. The molecule has 1 aliphatic heterocycles. The Kier molecular flexibility index (Phi) is 6.47. The first-order valence-corrected chi connectivity index (χ1v) is 9.17. The third kappa shape index (κ3) is 4.42. The lowest BCUT2D eigenvalue weighted by Gasteiger charge is -2.36. The number of para-hydroxylation sites is 2. The minimum atomic E-state index is -0.0298. The van der Waals surface area contributed by atoms with Gasteiger partial charge in [0.25, 0.3) is 5.91 Å². The molecule has 0 saturated carbocycles. The first-order valence-electron chi connectivity index (χ1n) is 9.17. The second-order valence-electron chi connectivity index (χ2n) is 6.35. The van der Waals surface area contributed by atoms with Crippen molar-refractivity contribution in [3.8, 4) is 23.0 Å². The highest BCUT2D eigenvalue weighted by Gasteiger charge is 2.22. The third-order valence-corrected chi connectivity index (χ3v) is 4.78. The second-order valence-corrected chi connectivity index (χ2v) is 6.35. The van der Waals surface area contributed by atoms with E-state index in [4.69, 9.17) is 18.9 Å². The fraction of sp³-hybridized carbons (Fsp3) is 0.381. The number of carbonyl (C=O) groups excluding carboxylic acids is 1. The number of carbonyl (C=O) groups is 1. The molecule has 0 bridgehead atoms. The largest absolute Gasteiger partial charge is 0.493 e. The van der Waals surface area contributed by atoms with E-state index in [1.54, 1.807) is 27.4 Å². The van der Waals surface area contributed by atoms with Gasteiger partial charge in [0.05, 0.1) is 21.3 Å². The van der Waals surface area contributed by atoms with Gasteiger partial charge in [0.15, 0.2) is 29.6 Å². The number of methoxy groups -OCH3 is 3. The molecule has 28 heavy (non-hydrogen) atoms. The standard InChI is InChI=1S/C21H26N2O5/c1-25-17-6-4-5-7-19(17)28-15-21(24)23-12-10-22(11-13-23)16-8-9-18(26-2)20(14-16)27-3/h4-9,14H,10-13,15H2,1-3H3. The Morgan fingerprint density at radius 3 is 2.07 bits per heavy atom. The number of rotatable bonds is 7. The quantitative estimate of drug-likeness (QED) is 0.729. The van der Waals surface area contributed by atoms with Gasteiger partial charge in [0, 0.05) is 37.9 Å². The third-order valence-electron chi connectivity index (χ3n) is 4.78. The van der Waals surface area contributed by atoms with Crippen LogP contribution in [0.2, 0.25) is 0 Å². The van der Waals surface area contributed by atoms with E-state index >= 15 is 0 Å². The summed E-state index contributed by atoms with van der Waals surface area (Å²) in [6, 6.07) is 13.2. The van der Waals surface area contributed by atoms with E-state index in [1.807, 2.05) is 41.3 Å². The lowest BCUT2D eigenvalue weighted by Crippen LogP contribution is -2.50.